The van der Waals surface area contributed by atoms with Crippen molar-refractivity contribution < 1.29 is 19.1 Å². The molecule has 3 rings (SSSR count). The van der Waals surface area contributed by atoms with Gasteiger partial charge in [-0.1, -0.05) is 0 Å². The Balaban J connectivity index is 1.73. The smallest absolute Gasteiger partial charge is 0.265 e. The molecule has 0 bridgehead atoms. The van der Waals surface area contributed by atoms with Gasteiger partial charge in [0.2, 0.25) is 5.91 Å². The van der Waals surface area contributed by atoms with Crippen molar-refractivity contribution in [2.45, 2.75) is 13.3 Å². The molecule has 2 aliphatic heterocycles. The Morgan fingerprint density at radius 3 is 2.71 bits per heavy atom. The van der Waals surface area contributed by atoms with Crippen LogP contribution >= 0.6 is 0 Å². The summed E-state index contributed by atoms with van der Waals surface area (Å²) in [7, 11) is 0. The van der Waals surface area contributed by atoms with Gasteiger partial charge in [0.15, 0.2) is 12.4 Å². The molecular weight excluding hydrogens is 310 g/mol. The normalized spacial score (nSPS) is 17.3. The number of hydrogen-bond acceptors (Lipinski definition) is 5. The molecule has 0 unspecified atom stereocenters. The van der Waals surface area contributed by atoms with E-state index in [1.165, 1.54) is 6.92 Å². The quantitative estimate of drug-likeness (QED) is 0.810. The maximum Gasteiger partial charge on any atom is 0.265 e. The Morgan fingerprint density at radius 1 is 1.25 bits per heavy atom. The summed E-state index contributed by atoms with van der Waals surface area (Å²) >= 11 is 0. The highest BCUT2D eigenvalue weighted by molar-refractivity contribution is 6.01. The number of amides is 2. The summed E-state index contributed by atoms with van der Waals surface area (Å²) in [6, 6.07) is 5.04. The van der Waals surface area contributed by atoms with Crippen molar-refractivity contribution in [2.24, 2.45) is 0 Å². The van der Waals surface area contributed by atoms with Crippen LogP contribution in [-0.2, 0) is 9.59 Å². The highest BCUT2D eigenvalue weighted by Gasteiger charge is 2.27. The van der Waals surface area contributed by atoms with Gasteiger partial charge in [-0.05, 0) is 25.1 Å². The molecule has 0 saturated carbocycles. The highest BCUT2D eigenvalue weighted by Crippen LogP contribution is 2.33. The number of carbonyl (C=O) groups excluding carboxylic acids is 3. The van der Waals surface area contributed by atoms with Crippen molar-refractivity contribution in [3.05, 3.63) is 23.8 Å². The van der Waals surface area contributed by atoms with Crippen molar-refractivity contribution in [1.29, 1.82) is 0 Å². The lowest BCUT2D eigenvalue weighted by atomic mass is 10.1. The van der Waals surface area contributed by atoms with E-state index in [2.05, 4.69) is 5.32 Å². The summed E-state index contributed by atoms with van der Waals surface area (Å²) in [5, 5.41) is 3.21. The zero-order chi connectivity index (χ0) is 17.1. The van der Waals surface area contributed by atoms with E-state index in [9.17, 15) is 14.4 Å². The summed E-state index contributed by atoms with van der Waals surface area (Å²) in [6.45, 7) is 4.71. The number of anilines is 1. The number of ketones is 1. The third-order valence-corrected chi connectivity index (χ3v) is 4.33. The Bertz CT molecular complexity index is 668. The van der Waals surface area contributed by atoms with E-state index < -0.39 is 0 Å². The van der Waals surface area contributed by atoms with Crippen LogP contribution in [0.2, 0.25) is 0 Å². The molecule has 7 heteroatoms. The van der Waals surface area contributed by atoms with E-state index in [1.807, 2.05) is 4.90 Å². The average Bonchev–Trinajstić information content (AvgIpc) is 2.60. The number of fused-ring (bicyclic) bond motifs is 1. The van der Waals surface area contributed by atoms with Crippen LogP contribution in [0.3, 0.4) is 0 Å². The molecule has 128 valence electrons. The molecule has 24 heavy (non-hydrogen) atoms. The standard InChI is InChI=1S/C17H21N3O4/c1-12(21)13-2-3-15-14(10-13)20(17(23)11-24-15)7-4-16(22)19-8-5-18-6-9-19/h2-3,10,18H,4-9,11H2,1H3. The van der Waals surface area contributed by atoms with Crippen LogP contribution in [0.15, 0.2) is 18.2 Å². The summed E-state index contributed by atoms with van der Waals surface area (Å²) in [5.74, 6) is 0.332. The third kappa shape index (κ3) is 3.41. The molecule has 1 aromatic rings. The molecule has 0 spiro atoms. The molecule has 1 fully saturated rings. The van der Waals surface area contributed by atoms with Crippen molar-refractivity contribution >= 4 is 23.3 Å². The van der Waals surface area contributed by atoms with Crippen LogP contribution in [0.5, 0.6) is 5.75 Å². The highest BCUT2D eigenvalue weighted by atomic mass is 16.5. The number of piperazine rings is 1. The predicted octanol–water partition coefficient (Wildman–Crippen LogP) is 0.436. The number of nitrogens with zero attached hydrogens (tertiary/aromatic N) is 2. The zero-order valence-corrected chi connectivity index (χ0v) is 13.7. The van der Waals surface area contributed by atoms with Crippen LogP contribution in [0.4, 0.5) is 5.69 Å². The minimum Gasteiger partial charge on any atom is -0.482 e. The van der Waals surface area contributed by atoms with Crippen molar-refractivity contribution in [3.63, 3.8) is 0 Å². The lowest BCUT2D eigenvalue weighted by molar-refractivity contribution is -0.131. The maximum absolute atomic E-state index is 12.3. The Hall–Kier alpha value is -2.41. The van der Waals surface area contributed by atoms with Gasteiger partial charge in [0, 0.05) is 44.7 Å². The maximum atomic E-state index is 12.3. The van der Waals surface area contributed by atoms with Crippen molar-refractivity contribution in [1.82, 2.24) is 10.2 Å². The Kier molecular flexibility index (Phi) is 4.80. The fourth-order valence-corrected chi connectivity index (χ4v) is 2.95. The average molecular weight is 331 g/mol. The Labute approximate surface area is 140 Å². The molecule has 7 nitrogen and oxygen atoms in total. The van der Waals surface area contributed by atoms with Crippen LogP contribution < -0.4 is 15.0 Å². The van der Waals surface area contributed by atoms with E-state index in [0.717, 1.165) is 13.1 Å². The molecule has 0 atom stereocenters. The Morgan fingerprint density at radius 2 is 2.00 bits per heavy atom. The minimum absolute atomic E-state index is 0.0417. The van der Waals surface area contributed by atoms with Crippen molar-refractivity contribution in [3.8, 4) is 5.75 Å². The van der Waals surface area contributed by atoms with Gasteiger partial charge >= 0.3 is 0 Å². The first-order valence-corrected chi connectivity index (χ1v) is 8.13. The third-order valence-electron chi connectivity index (χ3n) is 4.33. The molecule has 2 heterocycles. The van der Waals surface area contributed by atoms with Gasteiger partial charge in [-0.15, -0.1) is 0 Å². The molecule has 2 aliphatic rings. The van der Waals surface area contributed by atoms with Gasteiger partial charge in [0.1, 0.15) is 5.75 Å². The number of hydrogen-bond donors (Lipinski definition) is 1. The molecule has 0 aliphatic carbocycles. The van der Waals surface area contributed by atoms with E-state index >= 15 is 0 Å². The summed E-state index contributed by atoms with van der Waals surface area (Å²) in [6.07, 6.45) is 0.259. The fraction of sp³-hybridized carbons (Fsp3) is 0.471. The van der Waals surface area contributed by atoms with E-state index in [4.69, 9.17) is 4.74 Å². The number of nitrogens with one attached hydrogen (secondary N) is 1. The second-order valence-electron chi connectivity index (χ2n) is 5.95. The molecule has 1 N–H and O–H groups in total. The van der Waals surface area contributed by atoms with Crippen LogP contribution in [0, 0.1) is 0 Å². The van der Waals surface area contributed by atoms with E-state index in [1.54, 1.807) is 23.1 Å². The molecule has 1 aromatic carbocycles. The van der Waals surface area contributed by atoms with Gasteiger partial charge in [0.05, 0.1) is 5.69 Å². The summed E-state index contributed by atoms with van der Waals surface area (Å²) in [5.41, 5.74) is 1.08. The molecule has 2 amide bonds. The predicted molar refractivity (Wildman–Crippen MR) is 88.4 cm³/mol. The largest absolute Gasteiger partial charge is 0.482 e. The fourth-order valence-electron chi connectivity index (χ4n) is 2.95. The van der Waals surface area contributed by atoms with Crippen LogP contribution in [-0.4, -0.2) is 61.8 Å². The van der Waals surface area contributed by atoms with E-state index in [0.29, 0.717) is 36.6 Å². The number of rotatable bonds is 4. The summed E-state index contributed by atoms with van der Waals surface area (Å²) in [4.78, 5) is 39.5. The first kappa shape index (κ1) is 16.4. The van der Waals surface area contributed by atoms with E-state index in [-0.39, 0.29) is 30.6 Å². The lowest BCUT2D eigenvalue weighted by Gasteiger charge is -2.31. The number of carbonyl (C=O) groups is 3. The lowest BCUT2D eigenvalue weighted by Crippen LogP contribution is -2.48. The van der Waals surface area contributed by atoms with Crippen molar-refractivity contribution in [2.75, 3.05) is 44.2 Å². The monoisotopic (exact) mass is 331 g/mol. The molecular formula is C17H21N3O4. The second kappa shape index (κ2) is 7.00. The van der Waals surface area contributed by atoms with Gasteiger partial charge in [-0.2, -0.15) is 0 Å². The van der Waals surface area contributed by atoms with Gasteiger partial charge in [-0.3, -0.25) is 14.4 Å². The SMILES string of the molecule is CC(=O)c1ccc2c(c1)N(CCC(=O)N1CCNCC1)C(=O)CO2. The minimum atomic E-state index is -0.198. The number of benzene rings is 1. The zero-order valence-electron chi connectivity index (χ0n) is 13.7. The van der Waals surface area contributed by atoms with Gasteiger partial charge in [-0.25, -0.2) is 0 Å². The molecule has 1 saturated heterocycles. The first-order valence-electron chi connectivity index (χ1n) is 8.13. The van der Waals surface area contributed by atoms with Crippen LogP contribution in [0.25, 0.3) is 0 Å². The summed E-state index contributed by atoms with van der Waals surface area (Å²) < 4.78 is 5.42. The van der Waals surface area contributed by atoms with Gasteiger partial charge < -0.3 is 19.9 Å². The van der Waals surface area contributed by atoms with Crippen LogP contribution in [0.1, 0.15) is 23.7 Å². The molecule has 0 aromatic heterocycles. The first-order chi connectivity index (χ1) is 11.6. The second-order valence-corrected chi connectivity index (χ2v) is 5.95. The topological polar surface area (TPSA) is 79.0 Å². The molecule has 0 radical (unpaired) electrons. The van der Waals surface area contributed by atoms with Gasteiger partial charge in [0.25, 0.3) is 5.91 Å². The number of Topliss-reactive ketones (excluding diaryl/α,β-unsaturated/α-hetero) is 1. The number of ether oxygens (including phenoxy) is 1.